The number of amides is 1. The van der Waals surface area contributed by atoms with Crippen LogP contribution in [0.3, 0.4) is 0 Å². The van der Waals surface area contributed by atoms with Crippen LogP contribution < -0.4 is 21.2 Å². The highest BCUT2D eigenvalue weighted by Gasteiger charge is 2.11. The van der Waals surface area contributed by atoms with Crippen molar-refractivity contribution >= 4 is 5.91 Å². The SMILES string of the molecule is COc1ccccc1-c1ccc(=O)n(CC(=O)NCCn2cnc(C)c(C)c2=O)n1. The summed E-state index contributed by atoms with van der Waals surface area (Å²) in [6.07, 6.45) is 1.46. The summed E-state index contributed by atoms with van der Waals surface area (Å²) in [6.45, 7) is 3.76. The molecular weight excluding hydrogens is 386 g/mol. The predicted octanol–water partition coefficient (Wildman–Crippen LogP) is 0.909. The first-order valence-electron chi connectivity index (χ1n) is 9.41. The number of carbonyl (C=O) groups excluding carboxylic acids is 1. The molecule has 0 saturated heterocycles. The summed E-state index contributed by atoms with van der Waals surface area (Å²) in [5.74, 6) is 0.235. The lowest BCUT2D eigenvalue weighted by molar-refractivity contribution is -0.121. The number of aryl methyl sites for hydroxylation is 1. The molecule has 0 atom stereocenters. The molecule has 3 aromatic rings. The summed E-state index contributed by atoms with van der Waals surface area (Å²) in [4.78, 5) is 40.8. The highest BCUT2D eigenvalue weighted by molar-refractivity contribution is 5.75. The molecule has 0 saturated carbocycles. The van der Waals surface area contributed by atoms with Gasteiger partial charge in [-0.2, -0.15) is 5.10 Å². The first kappa shape index (κ1) is 21.0. The maximum absolute atomic E-state index is 12.3. The van der Waals surface area contributed by atoms with Crippen molar-refractivity contribution in [2.75, 3.05) is 13.7 Å². The van der Waals surface area contributed by atoms with Gasteiger partial charge >= 0.3 is 0 Å². The van der Waals surface area contributed by atoms with Gasteiger partial charge in [-0.05, 0) is 32.0 Å². The number of methoxy groups -OCH3 is 1. The summed E-state index contributed by atoms with van der Waals surface area (Å²) in [7, 11) is 1.55. The second kappa shape index (κ2) is 9.17. The van der Waals surface area contributed by atoms with Crippen molar-refractivity contribution in [2.45, 2.75) is 26.9 Å². The number of nitrogens with one attached hydrogen (secondary N) is 1. The summed E-state index contributed by atoms with van der Waals surface area (Å²) in [5.41, 5.74) is 1.97. The number of carbonyl (C=O) groups is 1. The van der Waals surface area contributed by atoms with E-state index in [4.69, 9.17) is 4.74 Å². The highest BCUT2D eigenvalue weighted by atomic mass is 16.5. The van der Waals surface area contributed by atoms with E-state index in [9.17, 15) is 14.4 Å². The van der Waals surface area contributed by atoms with Crippen LogP contribution in [0.4, 0.5) is 0 Å². The molecule has 3 rings (SSSR count). The Bertz CT molecular complexity index is 1180. The van der Waals surface area contributed by atoms with E-state index in [-0.39, 0.29) is 31.1 Å². The van der Waals surface area contributed by atoms with Crippen LogP contribution in [0.25, 0.3) is 11.3 Å². The molecule has 0 aliphatic rings. The molecule has 1 aromatic carbocycles. The van der Waals surface area contributed by atoms with Crippen LogP contribution in [-0.4, -0.2) is 38.9 Å². The molecule has 0 radical (unpaired) electrons. The fourth-order valence-corrected chi connectivity index (χ4v) is 2.90. The van der Waals surface area contributed by atoms with Crippen LogP contribution in [0.5, 0.6) is 5.75 Å². The molecule has 156 valence electrons. The number of ether oxygens (including phenoxy) is 1. The fraction of sp³-hybridized carbons (Fsp3) is 0.286. The second-order valence-corrected chi connectivity index (χ2v) is 6.72. The minimum Gasteiger partial charge on any atom is -0.496 e. The highest BCUT2D eigenvalue weighted by Crippen LogP contribution is 2.26. The van der Waals surface area contributed by atoms with E-state index in [1.165, 1.54) is 17.0 Å². The summed E-state index contributed by atoms with van der Waals surface area (Å²) >= 11 is 0. The van der Waals surface area contributed by atoms with Crippen molar-refractivity contribution in [1.82, 2.24) is 24.6 Å². The standard InChI is InChI=1S/C21H23N5O4/c1-14-15(2)23-13-25(21(14)29)11-10-22-19(27)12-26-20(28)9-8-17(24-26)16-6-4-5-7-18(16)30-3/h4-9,13H,10-12H2,1-3H3,(H,22,27). The van der Waals surface area contributed by atoms with Crippen LogP contribution in [0.15, 0.2) is 52.3 Å². The molecule has 0 aliphatic heterocycles. The quantitative estimate of drug-likeness (QED) is 0.621. The van der Waals surface area contributed by atoms with Crippen molar-refractivity contribution in [3.05, 3.63) is 74.7 Å². The molecule has 9 heteroatoms. The minimum atomic E-state index is -0.390. The zero-order valence-corrected chi connectivity index (χ0v) is 17.1. The Hall–Kier alpha value is -3.75. The zero-order chi connectivity index (χ0) is 21.7. The Morgan fingerprint density at radius 2 is 1.90 bits per heavy atom. The fourth-order valence-electron chi connectivity index (χ4n) is 2.90. The predicted molar refractivity (Wildman–Crippen MR) is 111 cm³/mol. The number of para-hydroxylation sites is 1. The van der Waals surface area contributed by atoms with Crippen LogP contribution >= 0.6 is 0 Å². The van der Waals surface area contributed by atoms with Crippen LogP contribution in [0, 0.1) is 13.8 Å². The molecule has 2 heterocycles. The second-order valence-electron chi connectivity index (χ2n) is 6.72. The monoisotopic (exact) mass is 409 g/mol. The molecule has 9 nitrogen and oxygen atoms in total. The third kappa shape index (κ3) is 4.62. The molecule has 0 aliphatic carbocycles. The van der Waals surface area contributed by atoms with Crippen molar-refractivity contribution in [3.8, 4) is 17.0 Å². The molecular formula is C21H23N5O4. The van der Waals surface area contributed by atoms with Crippen molar-refractivity contribution in [3.63, 3.8) is 0 Å². The van der Waals surface area contributed by atoms with E-state index in [1.54, 1.807) is 33.1 Å². The van der Waals surface area contributed by atoms with Crippen molar-refractivity contribution in [2.24, 2.45) is 0 Å². The maximum Gasteiger partial charge on any atom is 0.267 e. The Morgan fingerprint density at radius 1 is 1.13 bits per heavy atom. The average molecular weight is 409 g/mol. The van der Waals surface area contributed by atoms with E-state index >= 15 is 0 Å². The van der Waals surface area contributed by atoms with Gasteiger partial charge in [0, 0.05) is 36.0 Å². The number of hydrogen-bond donors (Lipinski definition) is 1. The van der Waals surface area contributed by atoms with Crippen molar-refractivity contribution < 1.29 is 9.53 Å². The van der Waals surface area contributed by atoms with Gasteiger partial charge < -0.3 is 10.1 Å². The van der Waals surface area contributed by atoms with Gasteiger partial charge in [-0.3, -0.25) is 19.0 Å². The molecule has 0 unspecified atom stereocenters. The van der Waals surface area contributed by atoms with Crippen LogP contribution in [-0.2, 0) is 17.9 Å². The van der Waals surface area contributed by atoms with E-state index in [0.717, 1.165) is 10.2 Å². The smallest absolute Gasteiger partial charge is 0.267 e. The van der Waals surface area contributed by atoms with Gasteiger partial charge in [0.05, 0.1) is 19.1 Å². The number of nitrogens with zero attached hydrogens (tertiary/aromatic N) is 4. The Morgan fingerprint density at radius 3 is 2.67 bits per heavy atom. The third-order valence-electron chi connectivity index (χ3n) is 4.73. The zero-order valence-electron chi connectivity index (χ0n) is 17.1. The molecule has 2 aromatic heterocycles. The normalized spacial score (nSPS) is 10.6. The number of aromatic nitrogens is 4. The summed E-state index contributed by atoms with van der Waals surface area (Å²) in [5, 5.41) is 6.99. The minimum absolute atomic E-state index is 0.140. The van der Waals surface area contributed by atoms with Gasteiger partial charge in [-0.15, -0.1) is 0 Å². The molecule has 0 bridgehead atoms. The summed E-state index contributed by atoms with van der Waals surface area (Å²) in [6, 6.07) is 10.2. The first-order valence-corrected chi connectivity index (χ1v) is 9.41. The Kier molecular flexibility index (Phi) is 6.41. The lowest BCUT2D eigenvalue weighted by Gasteiger charge is -2.11. The van der Waals surface area contributed by atoms with Gasteiger partial charge in [0.15, 0.2) is 0 Å². The van der Waals surface area contributed by atoms with E-state index < -0.39 is 5.56 Å². The largest absolute Gasteiger partial charge is 0.496 e. The number of hydrogen-bond acceptors (Lipinski definition) is 6. The maximum atomic E-state index is 12.3. The Balaban J connectivity index is 1.68. The van der Waals surface area contributed by atoms with Gasteiger partial charge in [0.2, 0.25) is 5.91 Å². The van der Waals surface area contributed by atoms with E-state index in [1.807, 2.05) is 18.2 Å². The van der Waals surface area contributed by atoms with Gasteiger partial charge in [0.25, 0.3) is 11.1 Å². The Labute approximate surface area is 173 Å². The molecule has 1 N–H and O–H groups in total. The molecule has 0 spiro atoms. The van der Waals surface area contributed by atoms with E-state index in [0.29, 0.717) is 22.7 Å². The first-order chi connectivity index (χ1) is 14.4. The molecule has 0 fully saturated rings. The third-order valence-corrected chi connectivity index (χ3v) is 4.73. The van der Waals surface area contributed by atoms with Crippen molar-refractivity contribution in [1.29, 1.82) is 0 Å². The summed E-state index contributed by atoms with van der Waals surface area (Å²) < 4.78 is 7.87. The lowest BCUT2D eigenvalue weighted by atomic mass is 10.1. The lowest BCUT2D eigenvalue weighted by Crippen LogP contribution is -2.36. The van der Waals surface area contributed by atoms with Crippen LogP contribution in [0.1, 0.15) is 11.3 Å². The number of benzene rings is 1. The topological polar surface area (TPSA) is 108 Å². The van der Waals surface area contributed by atoms with E-state index in [2.05, 4.69) is 15.4 Å². The number of rotatable bonds is 7. The van der Waals surface area contributed by atoms with Crippen LogP contribution in [0.2, 0.25) is 0 Å². The van der Waals surface area contributed by atoms with Gasteiger partial charge in [-0.1, -0.05) is 12.1 Å². The average Bonchev–Trinajstić information content (AvgIpc) is 2.75. The molecule has 30 heavy (non-hydrogen) atoms. The molecule has 1 amide bonds. The van der Waals surface area contributed by atoms with Gasteiger partial charge in [-0.25, -0.2) is 9.67 Å². The van der Waals surface area contributed by atoms with Gasteiger partial charge in [0.1, 0.15) is 12.3 Å².